The van der Waals surface area contributed by atoms with Crippen molar-refractivity contribution in [3.63, 3.8) is 0 Å². The molecule has 0 saturated carbocycles. The molecular formula is C19H23ClN2O2. The third-order valence-electron chi connectivity index (χ3n) is 3.47. The van der Waals surface area contributed by atoms with Crippen LogP contribution in [0.15, 0.2) is 42.5 Å². The summed E-state index contributed by atoms with van der Waals surface area (Å²) in [6.45, 7) is 6.92. The molecular weight excluding hydrogens is 324 g/mol. The Labute approximate surface area is 148 Å². The number of benzene rings is 2. The Morgan fingerprint density at radius 3 is 2.38 bits per heavy atom. The van der Waals surface area contributed by atoms with E-state index in [1.807, 2.05) is 63.2 Å². The SMILES string of the molecule is CCOc1ccc(CNc2ccc(NC(=O)C(C)C)cc2)cc1Cl. The highest BCUT2D eigenvalue weighted by Crippen LogP contribution is 2.26. The molecule has 0 radical (unpaired) electrons. The van der Waals surface area contributed by atoms with E-state index in [-0.39, 0.29) is 11.8 Å². The summed E-state index contributed by atoms with van der Waals surface area (Å²) in [7, 11) is 0. The molecule has 0 spiro atoms. The summed E-state index contributed by atoms with van der Waals surface area (Å²) in [4.78, 5) is 11.7. The molecule has 0 fully saturated rings. The Bertz CT molecular complexity index is 684. The fourth-order valence-corrected chi connectivity index (χ4v) is 2.35. The van der Waals surface area contributed by atoms with Crippen molar-refractivity contribution in [2.75, 3.05) is 17.2 Å². The van der Waals surface area contributed by atoms with Gasteiger partial charge in [-0.05, 0) is 48.9 Å². The molecule has 5 heteroatoms. The van der Waals surface area contributed by atoms with E-state index in [1.54, 1.807) is 0 Å². The highest BCUT2D eigenvalue weighted by Gasteiger charge is 2.07. The molecule has 1 amide bonds. The summed E-state index contributed by atoms with van der Waals surface area (Å²) < 4.78 is 5.43. The molecule has 0 aliphatic carbocycles. The van der Waals surface area contributed by atoms with E-state index in [0.29, 0.717) is 23.9 Å². The number of anilines is 2. The van der Waals surface area contributed by atoms with Gasteiger partial charge in [0.2, 0.25) is 5.91 Å². The van der Waals surface area contributed by atoms with Gasteiger partial charge in [-0.15, -0.1) is 0 Å². The van der Waals surface area contributed by atoms with E-state index >= 15 is 0 Å². The minimum atomic E-state index is -0.0350. The third kappa shape index (κ3) is 5.17. The Balaban J connectivity index is 1.92. The number of nitrogens with one attached hydrogen (secondary N) is 2. The van der Waals surface area contributed by atoms with E-state index in [0.717, 1.165) is 16.9 Å². The van der Waals surface area contributed by atoms with E-state index in [4.69, 9.17) is 16.3 Å². The van der Waals surface area contributed by atoms with Crippen molar-refractivity contribution in [2.45, 2.75) is 27.3 Å². The second-order valence-electron chi connectivity index (χ2n) is 5.77. The van der Waals surface area contributed by atoms with Gasteiger partial charge < -0.3 is 15.4 Å². The zero-order chi connectivity index (χ0) is 17.5. The zero-order valence-electron chi connectivity index (χ0n) is 14.2. The van der Waals surface area contributed by atoms with Crippen LogP contribution in [0.4, 0.5) is 11.4 Å². The molecule has 0 atom stereocenters. The Morgan fingerprint density at radius 2 is 1.79 bits per heavy atom. The van der Waals surface area contributed by atoms with Gasteiger partial charge in [0, 0.05) is 23.8 Å². The molecule has 0 saturated heterocycles. The molecule has 0 aliphatic rings. The molecule has 0 aromatic heterocycles. The normalized spacial score (nSPS) is 10.5. The number of carbonyl (C=O) groups is 1. The van der Waals surface area contributed by atoms with Crippen molar-refractivity contribution in [1.29, 1.82) is 0 Å². The van der Waals surface area contributed by atoms with E-state index in [9.17, 15) is 4.79 Å². The molecule has 2 rings (SSSR count). The van der Waals surface area contributed by atoms with Crippen LogP contribution >= 0.6 is 11.6 Å². The van der Waals surface area contributed by atoms with Gasteiger partial charge in [-0.25, -0.2) is 0 Å². The lowest BCUT2D eigenvalue weighted by molar-refractivity contribution is -0.118. The molecule has 24 heavy (non-hydrogen) atoms. The van der Waals surface area contributed by atoms with Crippen molar-refractivity contribution in [1.82, 2.24) is 0 Å². The minimum absolute atomic E-state index is 0.0136. The number of hydrogen-bond donors (Lipinski definition) is 2. The first-order valence-electron chi connectivity index (χ1n) is 8.05. The van der Waals surface area contributed by atoms with E-state index < -0.39 is 0 Å². The van der Waals surface area contributed by atoms with Gasteiger partial charge in [0.15, 0.2) is 0 Å². The molecule has 2 aromatic rings. The maximum atomic E-state index is 11.7. The summed E-state index contributed by atoms with van der Waals surface area (Å²) in [5.41, 5.74) is 2.84. The molecule has 0 bridgehead atoms. The first kappa shape index (κ1) is 18.1. The maximum Gasteiger partial charge on any atom is 0.226 e. The fourth-order valence-electron chi connectivity index (χ4n) is 2.09. The number of halogens is 1. The number of rotatable bonds is 7. The quantitative estimate of drug-likeness (QED) is 0.746. The molecule has 4 nitrogen and oxygen atoms in total. The standard InChI is InChI=1S/C19H23ClN2O2/c1-4-24-18-10-5-14(11-17(18)20)12-21-15-6-8-16(9-7-15)22-19(23)13(2)3/h5-11,13,21H,4,12H2,1-3H3,(H,22,23). The second kappa shape index (κ2) is 8.60. The van der Waals surface area contributed by atoms with Gasteiger partial charge in [0.25, 0.3) is 0 Å². The molecule has 0 unspecified atom stereocenters. The summed E-state index contributed by atoms with van der Waals surface area (Å²) in [5.74, 6) is 0.681. The lowest BCUT2D eigenvalue weighted by Crippen LogP contribution is -2.17. The van der Waals surface area contributed by atoms with Crippen LogP contribution in [0, 0.1) is 5.92 Å². The van der Waals surface area contributed by atoms with Crippen molar-refractivity contribution >= 4 is 28.9 Å². The Morgan fingerprint density at radius 1 is 1.12 bits per heavy atom. The van der Waals surface area contributed by atoms with Crippen molar-refractivity contribution in [2.24, 2.45) is 5.92 Å². The molecule has 2 N–H and O–H groups in total. The lowest BCUT2D eigenvalue weighted by Gasteiger charge is -2.11. The summed E-state index contributed by atoms with van der Waals surface area (Å²) >= 11 is 6.19. The Kier molecular flexibility index (Phi) is 6.50. The number of carbonyl (C=O) groups excluding carboxylic acids is 1. The van der Waals surface area contributed by atoms with Gasteiger partial charge in [-0.1, -0.05) is 31.5 Å². The van der Waals surface area contributed by atoms with Crippen LogP contribution in [0.3, 0.4) is 0 Å². The van der Waals surface area contributed by atoms with Gasteiger partial charge in [0.05, 0.1) is 11.6 Å². The van der Waals surface area contributed by atoms with Crippen LogP contribution in [0.25, 0.3) is 0 Å². The van der Waals surface area contributed by atoms with Crippen LogP contribution in [0.1, 0.15) is 26.3 Å². The smallest absolute Gasteiger partial charge is 0.226 e. The number of amides is 1. The molecule has 2 aromatic carbocycles. The lowest BCUT2D eigenvalue weighted by atomic mass is 10.2. The van der Waals surface area contributed by atoms with Gasteiger partial charge in [-0.3, -0.25) is 4.79 Å². The molecule has 128 valence electrons. The monoisotopic (exact) mass is 346 g/mol. The third-order valence-corrected chi connectivity index (χ3v) is 3.76. The maximum absolute atomic E-state index is 11.7. The predicted octanol–water partition coefficient (Wildman–Crippen LogP) is 4.95. The van der Waals surface area contributed by atoms with Gasteiger partial charge >= 0.3 is 0 Å². The van der Waals surface area contributed by atoms with Crippen molar-refractivity contribution in [3.8, 4) is 5.75 Å². The van der Waals surface area contributed by atoms with Crippen LogP contribution in [0.5, 0.6) is 5.75 Å². The second-order valence-corrected chi connectivity index (χ2v) is 6.18. The topological polar surface area (TPSA) is 50.4 Å². The predicted molar refractivity (Wildman–Crippen MR) is 99.9 cm³/mol. The summed E-state index contributed by atoms with van der Waals surface area (Å²) in [6, 6.07) is 13.4. The highest BCUT2D eigenvalue weighted by molar-refractivity contribution is 6.32. The number of hydrogen-bond acceptors (Lipinski definition) is 3. The van der Waals surface area contributed by atoms with Crippen LogP contribution in [-0.4, -0.2) is 12.5 Å². The minimum Gasteiger partial charge on any atom is -0.492 e. The van der Waals surface area contributed by atoms with Gasteiger partial charge in [0.1, 0.15) is 5.75 Å². The van der Waals surface area contributed by atoms with E-state index in [1.165, 1.54) is 0 Å². The van der Waals surface area contributed by atoms with Crippen LogP contribution < -0.4 is 15.4 Å². The summed E-state index contributed by atoms with van der Waals surface area (Å²) in [5, 5.41) is 6.81. The van der Waals surface area contributed by atoms with Crippen LogP contribution in [-0.2, 0) is 11.3 Å². The van der Waals surface area contributed by atoms with Gasteiger partial charge in [-0.2, -0.15) is 0 Å². The molecule has 0 aliphatic heterocycles. The zero-order valence-corrected chi connectivity index (χ0v) is 15.0. The van der Waals surface area contributed by atoms with Crippen molar-refractivity contribution < 1.29 is 9.53 Å². The van der Waals surface area contributed by atoms with Crippen LogP contribution in [0.2, 0.25) is 5.02 Å². The highest BCUT2D eigenvalue weighted by atomic mass is 35.5. The largest absolute Gasteiger partial charge is 0.492 e. The number of ether oxygens (including phenoxy) is 1. The average Bonchev–Trinajstić information content (AvgIpc) is 2.56. The summed E-state index contributed by atoms with van der Waals surface area (Å²) in [6.07, 6.45) is 0. The Hall–Kier alpha value is -2.20. The fraction of sp³-hybridized carbons (Fsp3) is 0.316. The first-order valence-corrected chi connectivity index (χ1v) is 8.43. The molecule has 0 heterocycles. The average molecular weight is 347 g/mol. The van der Waals surface area contributed by atoms with E-state index in [2.05, 4.69) is 10.6 Å². The first-order chi connectivity index (χ1) is 11.5. The van der Waals surface area contributed by atoms with Crippen molar-refractivity contribution in [3.05, 3.63) is 53.1 Å².